The van der Waals surface area contributed by atoms with Crippen LogP contribution in [0.15, 0.2) is 40.4 Å². The number of hydrogen-bond donors (Lipinski definition) is 1. The molecule has 2 N–H and O–H groups in total. The first kappa shape index (κ1) is 15.2. The van der Waals surface area contributed by atoms with Gasteiger partial charge in [0, 0.05) is 39.2 Å². The Hall–Kier alpha value is -0.750. The van der Waals surface area contributed by atoms with Gasteiger partial charge in [-0.3, -0.25) is 9.88 Å². The number of thiophene rings is 1. The number of aromatic nitrogens is 1. The highest BCUT2D eigenvalue weighted by molar-refractivity contribution is 9.10. The fraction of sp³-hybridized carbons (Fsp3) is 0.438. The van der Waals surface area contributed by atoms with E-state index >= 15 is 0 Å². The van der Waals surface area contributed by atoms with Crippen molar-refractivity contribution in [1.29, 1.82) is 0 Å². The van der Waals surface area contributed by atoms with Crippen molar-refractivity contribution in [2.24, 2.45) is 5.73 Å². The molecule has 21 heavy (non-hydrogen) atoms. The van der Waals surface area contributed by atoms with E-state index in [2.05, 4.69) is 50.3 Å². The van der Waals surface area contributed by atoms with E-state index in [0.717, 1.165) is 11.0 Å². The maximum Gasteiger partial charge on any atom is 0.0596 e. The van der Waals surface area contributed by atoms with Crippen molar-refractivity contribution in [3.63, 3.8) is 0 Å². The van der Waals surface area contributed by atoms with Crippen LogP contribution in [0, 0.1) is 0 Å². The number of nitrogens with zero attached hydrogens (tertiary/aromatic N) is 2. The summed E-state index contributed by atoms with van der Waals surface area (Å²) in [7, 11) is 0. The molecule has 1 aliphatic heterocycles. The molecule has 5 heteroatoms. The smallest absolute Gasteiger partial charge is 0.0596 e. The Labute approximate surface area is 138 Å². The fourth-order valence-electron chi connectivity index (χ4n) is 3.26. The monoisotopic (exact) mass is 365 g/mol. The number of hydrogen-bond acceptors (Lipinski definition) is 4. The minimum atomic E-state index is 0.104. The molecular formula is C16H20BrN3S. The highest BCUT2D eigenvalue weighted by atomic mass is 79.9. The van der Waals surface area contributed by atoms with Crippen LogP contribution in [0.3, 0.4) is 0 Å². The molecule has 3 rings (SSSR count). The quantitative estimate of drug-likeness (QED) is 0.885. The highest BCUT2D eigenvalue weighted by Crippen LogP contribution is 2.41. The van der Waals surface area contributed by atoms with Gasteiger partial charge in [-0.2, -0.15) is 0 Å². The molecule has 3 unspecified atom stereocenters. The summed E-state index contributed by atoms with van der Waals surface area (Å²) in [4.78, 5) is 8.18. The third-order valence-corrected chi connectivity index (χ3v) is 5.86. The molecule has 0 spiro atoms. The summed E-state index contributed by atoms with van der Waals surface area (Å²) in [6, 6.07) is 7.21. The van der Waals surface area contributed by atoms with Crippen molar-refractivity contribution in [1.82, 2.24) is 9.88 Å². The highest BCUT2D eigenvalue weighted by Gasteiger charge is 2.35. The number of halogens is 1. The van der Waals surface area contributed by atoms with Crippen LogP contribution < -0.4 is 5.73 Å². The van der Waals surface area contributed by atoms with Gasteiger partial charge in [0.1, 0.15) is 0 Å². The van der Waals surface area contributed by atoms with Crippen LogP contribution >= 0.6 is 27.3 Å². The summed E-state index contributed by atoms with van der Waals surface area (Å²) >= 11 is 5.35. The summed E-state index contributed by atoms with van der Waals surface area (Å²) in [6.07, 6.45) is 6.23. The second-order valence-electron chi connectivity index (χ2n) is 5.65. The summed E-state index contributed by atoms with van der Waals surface area (Å²) < 4.78 is 1.14. The molecular weight excluding hydrogens is 346 g/mol. The van der Waals surface area contributed by atoms with Gasteiger partial charge >= 0.3 is 0 Å². The maximum absolute atomic E-state index is 6.33. The van der Waals surface area contributed by atoms with Crippen LogP contribution in [0.25, 0.3) is 0 Å². The van der Waals surface area contributed by atoms with Gasteiger partial charge in [-0.25, -0.2) is 0 Å². The average Bonchev–Trinajstić information content (AvgIpc) is 3.10. The molecule has 0 aromatic carbocycles. The van der Waals surface area contributed by atoms with Gasteiger partial charge < -0.3 is 5.73 Å². The van der Waals surface area contributed by atoms with Gasteiger partial charge in [0.25, 0.3) is 0 Å². The molecule has 0 aliphatic carbocycles. The predicted octanol–water partition coefficient (Wildman–Crippen LogP) is 4.13. The van der Waals surface area contributed by atoms with E-state index in [1.165, 1.54) is 23.3 Å². The molecule has 0 radical (unpaired) electrons. The Bertz CT molecular complexity index is 584. The molecule has 0 saturated carbocycles. The van der Waals surface area contributed by atoms with Crippen LogP contribution in [0.2, 0.25) is 0 Å². The zero-order chi connectivity index (χ0) is 14.8. The normalized spacial score (nSPS) is 22.3. The second kappa shape index (κ2) is 6.57. The Balaban J connectivity index is 1.91. The largest absolute Gasteiger partial charge is 0.326 e. The van der Waals surface area contributed by atoms with E-state index in [9.17, 15) is 0 Å². The Kier molecular flexibility index (Phi) is 4.74. The minimum absolute atomic E-state index is 0.104. The molecule has 0 bridgehead atoms. The van der Waals surface area contributed by atoms with E-state index in [0.29, 0.717) is 6.04 Å². The number of likely N-dealkylation sites (tertiary alicyclic amines) is 1. The molecule has 1 aliphatic rings. The predicted molar refractivity (Wildman–Crippen MR) is 91.3 cm³/mol. The van der Waals surface area contributed by atoms with E-state index in [-0.39, 0.29) is 12.1 Å². The first-order chi connectivity index (χ1) is 10.2. The minimum Gasteiger partial charge on any atom is -0.326 e. The first-order valence-electron chi connectivity index (χ1n) is 7.32. The summed E-state index contributed by atoms with van der Waals surface area (Å²) in [6.45, 7) is 3.21. The van der Waals surface area contributed by atoms with Crippen molar-refractivity contribution in [3.8, 4) is 0 Å². The summed E-state index contributed by atoms with van der Waals surface area (Å²) in [5.41, 5.74) is 7.63. The molecule has 1 fully saturated rings. The van der Waals surface area contributed by atoms with Crippen molar-refractivity contribution in [2.45, 2.75) is 37.9 Å². The summed E-state index contributed by atoms with van der Waals surface area (Å²) in [5.74, 6) is 0. The van der Waals surface area contributed by atoms with Gasteiger partial charge in [-0.15, -0.1) is 11.3 Å². The average molecular weight is 366 g/mol. The van der Waals surface area contributed by atoms with E-state index in [1.54, 1.807) is 11.3 Å². The lowest BCUT2D eigenvalue weighted by Crippen LogP contribution is -2.38. The standard InChI is InChI=1S/C16H20BrN3S/c1-11(18)16(15-8-13(17)10-21-15)20-7-3-5-14(20)12-4-2-6-19-9-12/h2,4,6,8-11,14,16H,3,5,7,18H2,1H3. The van der Waals surface area contributed by atoms with Crippen LogP contribution in [0.5, 0.6) is 0 Å². The zero-order valence-corrected chi connectivity index (χ0v) is 14.5. The SMILES string of the molecule is CC(N)C(c1cc(Br)cs1)N1CCCC1c1cccnc1. The Morgan fingerprint density at radius 1 is 1.52 bits per heavy atom. The van der Waals surface area contributed by atoms with Crippen LogP contribution in [0.1, 0.15) is 42.3 Å². The Morgan fingerprint density at radius 3 is 3.00 bits per heavy atom. The molecule has 3 heterocycles. The van der Waals surface area contributed by atoms with Crippen molar-refractivity contribution in [3.05, 3.63) is 50.9 Å². The fourth-order valence-corrected chi connectivity index (χ4v) is 4.94. The lowest BCUT2D eigenvalue weighted by molar-refractivity contribution is 0.163. The lowest BCUT2D eigenvalue weighted by Gasteiger charge is -2.35. The number of nitrogens with two attached hydrogens (primary N) is 1. The zero-order valence-electron chi connectivity index (χ0n) is 12.1. The molecule has 2 aromatic rings. The van der Waals surface area contributed by atoms with E-state index in [1.807, 2.05) is 18.5 Å². The molecule has 0 amide bonds. The van der Waals surface area contributed by atoms with E-state index < -0.39 is 0 Å². The maximum atomic E-state index is 6.33. The van der Waals surface area contributed by atoms with Crippen LogP contribution in [0.4, 0.5) is 0 Å². The molecule has 112 valence electrons. The summed E-state index contributed by atoms with van der Waals surface area (Å²) in [5, 5.41) is 2.14. The van der Waals surface area contributed by atoms with Gasteiger partial charge in [-0.05, 0) is 59.9 Å². The van der Waals surface area contributed by atoms with E-state index in [4.69, 9.17) is 5.73 Å². The molecule has 3 nitrogen and oxygen atoms in total. The third kappa shape index (κ3) is 3.21. The van der Waals surface area contributed by atoms with Crippen LogP contribution in [-0.2, 0) is 0 Å². The molecule has 2 aromatic heterocycles. The van der Waals surface area contributed by atoms with Gasteiger partial charge in [0.2, 0.25) is 0 Å². The Morgan fingerprint density at radius 2 is 2.38 bits per heavy atom. The number of rotatable bonds is 4. The number of pyridine rings is 1. The third-order valence-electron chi connectivity index (χ3n) is 4.10. The lowest BCUT2D eigenvalue weighted by atomic mass is 10.0. The van der Waals surface area contributed by atoms with Gasteiger partial charge in [0.15, 0.2) is 0 Å². The van der Waals surface area contributed by atoms with Gasteiger partial charge in [-0.1, -0.05) is 6.07 Å². The van der Waals surface area contributed by atoms with Crippen molar-refractivity contribution >= 4 is 27.3 Å². The molecule has 3 atom stereocenters. The first-order valence-corrected chi connectivity index (χ1v) is 8.99. The second-order valence-corrected chi connectivity index (χ2v) is 7.51. The van der Waals surface area contributed by atoms with Crippen molar-refractivity contribution in [2.75, 3.05) is 6.54 Å². The van der Waals surface area contributed by atoms with Crippen LogP contribution in [-0.4, -0.2) is 22.5 Å². The van der Waals surface area contributed by atoms with Crippen molar-refractivity contribution < 1.29 is 0 Å². The topological polar surface area (TPSA) is 42.1 Å². The molecule has 1 saturated heterocycles. The van der Waals surface area contributed by atoms with Gasteiger partial charge in [0.05, 0.1) is 6.04 Å².